The third-order valence-electron chi connectivity index (χ3n) is 4.86. The summed E-state index contributed by atoms with van der Waals surface area (Å²) in [6.45, 7) is 4.27. The zero-order valence-corrected chi connectivity index (χ0v) is 15.0. The van der Waals surface area contributed by atoms with E-state index in [0.717, 1.165) is 18.4 Å². The summed E-state index contributed by atoms with van der Waals surface area (Å²) in [7, 11) is 1.97. The lowest BCUT2D eigenvalue weighted by atomic mass is 10.1. The predicted molar refractivity (Wildman–Crippen MR) is 97.2 cm³/mol. The molecular formula is C19H29N3O2. The van der Waals surface area contributed by atoms with E-state index >= 15 is 0 Å². The largest absolute Gasteiger partial charge is 0.325 e. The van der Waals surface area contributed by atoms with Gasteiger partial charge in [0.15, 0.2) is 0 Å². The monoisotopic (exact) mass is 331 g/mol. The van der Waals surface area contributed by atoms with Crippen molar-refractivity contribution in [3.8, 4) is 0 Å². The number of imide groups is 1. The minimum Gasteiger partial charge on any atom is -0.308 e. The zero-order chi connectivity index (χ0) is 17.5. The number of anilines is 1. The minimum atomic E-state index is -0.475. The average Bonchev–Trinajstić information content (AvgIpc) is 2.80. The van der Waals surface area contributed by atoms with Crippen molar-refractivity contribution in [1.29, 1.82) is 0 Å². The van der Waals surface area contributed by atoms with Crippen LogP contribution in [0.4, 0.5) is 10.5 Å². The Labute approximate surface area is 144 Å². The van der Waals surface area contributed by atoms with Crippen LogP contribution >= 0.6 is 0 Å². The molecule has 1 aliphatic carbocycles. The van der Waals surface area contributed by atoms with E-state index in [4.69, 9.17) is 0 Å². The van der Waals surface area contributed by atoms with Gasteiger partial charge >= 0.3 is 6.03 Å². The number of carbonyl (C=O) groups is 2. The summed E-state index contributed by atoms with van der Waals surface area (Å²) in [5.74, 6) is -0.261. The van der Waals surface area contributed by atoms with E-state index in [9.17, 15) is 9.59 Å². The van der Waals surface area contributed by atoms with Crippen LogP contribution in [0.1, 0.15) is 49.7 Å². The van der Waals surface area contributed by atoms with Crippen LogP contribution in [0.2, 0.25) is 0 Å². The number of carbonyl (C=O) groups excluding carboxylic acids is 2. The highest BCUT2D eigenvalue weighted by Gasteiger charge is 2.19. The Bertz CT molecular complexity index is 578. The molecule has 0 atom stereocenters. The van der Waals surface area contributed by atoms with Crippen LogP contribution in [-0.2, 0) is 4.79 Å². The lowest BCUT2D eigenvalue weighted by molar-refractivity contribution is -0.121. The van der Waals surface area contributed by atoms with E-state index in [-0.39, 0.29) is 12.5 Å². The van der Waals surface area contributed by atoms with Crippen molar-refractivity contribution in [3.05, 3.63) is 29.3 Å². The van der Waals surface area contributed by atoms with Crippen molar-refractivity contribution in [2.24, 2.45) is 0 Å². The van der Waals surface area contributed by atoms with Gasteiger partial charge in [0.1, 0.15) is 0 Å². The fraction of sp³-hybridized carbons (Fsp3) is 0.579. The molecule has 0 radical (unpaired) electrons. The van der Waals surface area contributed by atoms with Crippen LogP contribution < -0.4 is 10.6 Å². The summed E-state index contributed by atoms with van der Waals surface area (Å²) in [6, 6.07) is 5.66. The number of hydrogen-bond acceptors (Lipinski definition) is 3. The topological polar surface area (TPSA) is 61.4 Å². The third kappa shape index (κ3) is 5.64. The molecule has 3 amide bonds. The fourth-order valence-electron chi connectivity index (χ4n) is 3.20. The molecule has 0 bridgehead atoms. The van der Waals surface area contributed by atoms with Crippen molar-refractivity contribution in [2.75, 3.05) is 18.9 Å². The van der Waals surface area contributed by atoms with Gasteiger partial charge in [-0.05, 0) is 57.0 Å². The summed E-state index contributed by atoms with van der Waals surface area (Å²) in [6.07, 6.45) is 7.30. The molecular weight excluding hydrogens is 302 g/mol. The third-order valence-corrected chi connectivity index (χ3v) is 4.86. The molecule has 24 heavy (non-hydrogen) atoms. The molecule has 1 aliphatic rings. The molecule has 0 aromatic heterocycles. The minimum absolute atomic E-state index is 0.255. The Morgan fingerprint density at radius 1 is 1.08 bits per heavy atom. The van der Waals surface area contributed by atoms with Gasteiger partial charge in [-0.15, -0.1) is 0 Å². The first-order valence-corrected chi connectivity index (χ1v) is 8.84. The molecule has 132 valence electrons. The molecule has 1 fully saturated rings. The highest BCUT2D eigenvalue weighted by Crippen LogP contribution is 2.20. The van der Waals surface area contributed by atoms with Crippen molar-refractivity contribution in [1.82, 2.24) is 10.2 Å². The number of nitrogens with zero attached hydrogens (tertiary/aromatic N) is 1. The van der Waals surface area contributed by atoms with Gasteiger partial charge in [0.05, 0.1) is 6.54 Å². The molecule has 0 saturated heterocycles. The molecule has 0 aliphatic heterocycles. The Balaban J connectivity index is 1.80. The SMILES string of the molecule is Cc1ccc(NC(=O)NC(=O)CN(C)C2CCCCCC2)cc1C. The maximum atomic E-state index is 12.1. The Kier molecular flexibility index (Phi) is 6.79. The van der Waals surface area contributed by atoms with Crippen LogP contribution in [0.25, 0.3) is 0 Å². The van der Waals surface area contributed by atoms with Gasteiger partial charge in [0.2, 0.25) is 5.91 Å². The quantitative estimate of drug-likeness (QED) is 0.829. The van der Waals surface area contributed by atoms with E-state index in [1.54, 1.807) is 0 Å². The maximum absolute atomic E-state index is 12.1. The molecule has 2 rings (SSSR count). The number of urea groups is 1. The Morgan fingerprint density at radius 3 is 2.38 bits per heavy atom. The van der Waals surface area contributed by atoms with Gasteiger partial charge in [-0.25, -0.2) is 4.79 Å². The van der Waals surface area contributed by atoms with Crippen LogP contribution in [-0.4, -0.2) is 36.5 Å². The summed E-state index contributed by atoms with van der Waals surface area (Å²) in [5, 5.41) is 5.13. The number of nitrogens with one attached hydrogen (secondary N) is 2. The van der Waals surface area contributed by atoms with Gasteiger partial charge < -0.3 is 5.32 Å². The molecule has 0 spiro atoms. The molecule has 5 nitrogen and oxygen atoms in total. The highest BCUT2D eigenvalue weighted by molar-refractivity contribution is 6.01. The van der Waals surface area contributed by atoms with E-state index in [1.165, 1.54) is 31.2 Å². The van der Waals surface area contributed by atoms with E-state index in [2.05, 4.69) is 15.5 Å². The average molecular weight is 331 g/mol. The smallest absolute Gasteiger partial charge is 0.308 e. The van der Waals surface area contributed by atoms with Crippen LogP contribution in [0.5, 0.6) is 0 Å². The van der Waals surface area contributed by atoms with Crippen molar-refractivity contribution in [3.63, 3.8) is 0 Å². The predicted octanol–water partition coefficient (Wildman–Crippen LogP) is 3.61. The number of benzene rings is 1. The standard InChI is InChI=1S/C19H29N3O2/c1-14-10-11-16(12-15(14)2)20-19(24)21-18(23)13-22(3)17-8-6-4-5-7-9-17/h10-12,17H,4-9,13H2,1-3H3,(H2,20,21,23,24). The second-order valence-electron chi connectivity index (χ2n) is 6.86. The number of hydrogen-bond donors (Lipinski definition) is 2. The first-order chi connectivity index (χ1) is 11.5. The van der Waals surface area contributed by atoms with Gasteiger partial charge in [-0.1, -0.05) is 31.7 Å². The molecule has 5 heteroatoms. The van der Waals surface area contributed by atoms with E-state index in [0.29, 0.717) is 11.7 Å². The Hall–Kier alpha value is -1.88. The molecule has 1 aromatic carbocycles. The van der Waals surface area contributed by atoms with Crippen molar-refractivity contribution >= 4 is 17.6 Å². The van der Waals surface area contributed by atoms with Gasteiger partial charge in [-0.2, -0.15) is 0 Å². The maximum Gasteiger partial charge on any atom is 0.325 e. The normalized spacial score (nSPS) is 15.8. The zero-order valence-electron chi connectivity index (χ0n) is 15.0. The molecule has 0 heterocycles. The first kappa shape index (κ1) is 18.5. The van der Waals surface area contributed by atoms with E-state index < -0.39 is 6.03 Å². The second-order valence-corrected chi connectivity index (χ2v) is 6.86. The lowest BCUT2D eigenvalue weighted by Gasteiger charge is -2.26. The molecule has 1 saturated carbocycles. The van der Waals surface area contributed by atoms with Crippen LogP contribution in [0, 0.1) is 13.8 Å². The Morgan fingerprint density at radius 2 is 1.75 bits per heavy atom. The summed E-state index contributed by atoms with van der Waals surface area (Å²) >= 11 is 0. The molecule has 0 unspecified atom stereocenters. The van der Waals surface area contributed by atoms with Crippen molar-refractivity contribution < 1.29 is 9.59 Å². The highest BCUT2D eigenvalue weighted by atomic mass is 16.2. The van der Waals surface area contributed by atoms with Crippen LogP contribution in [0.3, 0.4) is 0 Å². The summed E-state index contributed by atoms with van der Waals surface area (Å²) in [5.41, 5.74) is 2.97. The number of aryl methyl sites for hydroxylation is 2. The second kappa shape index (κ2) is 8.83. The van der Waals surface area contributed by atoms with Gasteiger partial charge in [0.25, 0.3) is 0 Å². The van der Waals surface area contributed by atoms with Crippen LogP contribution in [0.15, 0.2) is 18.2 Å². The first-order valence-electron chi connectivity index (χ1n) is 8.84. The van der Waals surface area contributed by atoms with Gasteiger partial charge in [0, 0.05) is 11.7 Å². The number of likely N-dealkylation sites (N-methyl/N-ethyl adjacent to an activating group) is 1. The summed E-state index contributed by atoms with van der Waals surface area (Å²) in [4.78, 5) is 26.1. The van der Waals surface area contributed by atoms with Crippen molar-refractivity contribution in [2.45, 2.75) is 58.4 Å². The fourth-order valence-corrected chi connectivity index (χ4v) is 3.20. The number of rotatable bonds is 4. The van der Waals surface area contributed by atoms with Gasteiger partial charge in [-0.3, -0.25) is 15.0 Å². The molecule has 2 N–H and O–H groups in total. The molecule has 1 aromatic rings. The lowest BCUT2D eigenvalue weighted by Crippen LogP contribution is -2.43. The van der Waals surface area contributed by atoms with E-state index in [1.807, 2.05) is 39.1 Å². The number of amides is 3. The summed E-state index contributed by atoms with van der Waals surface area (Å²) < 4.78 is 0.